The fourth-order valence-corrected chi connectivity index (χ4v) is 2.13. The first kappa shape index (κ1) is 18.0. The van der Waals surface area contributed by atoms with Crippen molar-refractivity contribution in [2.75, 3.05) is 6.54 Å². The molecule has 1 rings (SSSR count). The average Bonchev–Trinajstić information content (AvgIpc) is 2.44. The highest BCUT2D eigenvalue weighted by atomic mass is 19.4. The molecular formula is C16H24F3NO. The van der Waals surface area contributed by atoms with Crippen molar-refractivity contribution < 1.29 is 18.3 Å². The Morgan fingerprint density at radius 3 is 2.29 bits per heavy atom. The first-order valence-corrected chi connectivity index (χ1v) is 7.43. The molecule has 0 radical (unpaired) electrons. The average molecular weight is 303 g/mol. The van der Waals surface area contributed by atoms with E-state index in [1.54, 1.807) is 0 Å². The fraction of sp³-hybridized carbons (Fsp3) is 0.625. The van der Waals surface area contributed by atoms with Crippen LogP contribution in [0.1, 0.15) is 56.8 Å². The number of nitrogens with one attached hydrogen (secondary N) is 1. The summed E-state index contributed by atoms with van der Waals surface area (Å²) in [7, 11) is 0. The number of aliphatic hydroxyl groups excluding tert-OH is 1. The number of benzene rings is 1. The van der Waals surface area contributed by atoms with Gasteiger partial charge in [-0.1, -0.05) is 38.3 Å². The maximum absolute atomic E-state index is 12.4. The third-order valence-corrected chi connectivity index (χ3v) is 3.52. The van der Waals surface area contributed by atoms with Gasteiger partial charge in [0, 0.05) is 12.6 Å². The summed E-state index contributed by atoms with van der Waals surface area (Å²) in [6.07, 6.45) is -0.598. The minimum Gasteiger partial charge on any atom is -0.387 e. The molecule has 0 fully saturated rings. The fourth-order valence-electron chi connectivity index (χ4n) is 2.13. The van der Waals surface area contributed by atoms with Crippen LogP contribution in [0.25, 0.3) is 0 Å². The summed E-state index contributed by atoms with van der Waals surface area (Å²) in [6, 6.07) is 4.96. The Bertz CT molecular complexity index is 403. The summed E-state index contributed by atoms with van der Waals surface area (Å²) in [5.74, 6) is 0. The summed E-state index contributed by atoms with van der Waals surface area (Å²) in [5, 5.41) is 13.2. The van der Waals surface area contributed by atoms with Crippen LogP contribution >= 0.6 is 0 Å². The number of unbranched alkanes of at least 4 members (excludes halogenated alkanes) is 2. The molecule has 0 spiro atoms. The number of rotatable bonds is 8. The van der Waals surface area contributed by atoms with E-state index in [9.17, 15) is 18.3 Å². The van der Waals surface area contributed by atoms with Crippen LogP contribution in [-0.4, -0.2) is 17.7 Å². The molecule has 0 heterocycles. The van der Waals surface area contributed by atoms with Gasteiger partial charge in [-0.05, 0) is 31.0 Å². The van der Waals surface area contributed by atoms with Gasteiger partial charge in [0.1, 0.15) is 0 Å². The van der Waals surface area contributed by atoms with Gasteiger partial charge in [0.05, 0.1) is 11.7 Å². The summed E-state index contributed by atoms with van der Waals surface area (Å²) < 4.78 is 37.3. The number of hydrogen-bond donors (Lipinski definition) is 2. The third-order valence-electron chi connectivity index (χ3n) is 3.52. The van der Waals surface area contributed by atoms with E-state index in [0.717, 1.165) is 25.0 Å². The second kappa shape index (κ2) is 8.39. The molecule has 1 aromatic rings. The monoisotopic (exact) mass is 303 g/mol. The van der Waals surface area contributed by atoms with Crippen LogP contribution in [0.4, 0.5) is 13.2 Å². The highest BCUT2D eigenvalue weighted by Gasteiger charge is 2.30. The Morgan fingerprint density at radius 1 is 1.14 bits per heavy atom. The maximum Gasteiger partial charge on any atom is 0.416 e. The lowest BCUT2D eigenvalue weighted by atomic mass is 10.1. The van der Waals surface area contributed by atoms with Crippen molar-refractivity contribution in [3.63, 3.8) is 0 Å². The smallest absolute Gasteiger partial charge is 0.387 e. The van der Waals surface area contributed by atoms with Gasteiger partial charge in [-0.2, -0.15) is 13.2 Å². The zero-order chi connectivity index (χ0) is 15.9. The van der Waals surface area contributed by atoms with Gasteiger partial charge in [-0.15, -0.1) is 0 Å². The standard InChI is InChI=1S/C16H24F3NO/c1-3-4-5-6-12(2)20-11-15(21)13-7-9-14(10-8-13)16(17,18)19/h7-10,12,15,20-21H,3-6,11H2,1-2H3. The topological polar surface area (TPSA) is 32.3 Å². The SMILES string of the molecule is CCCCCC(C)NCC(O)c1ccc(C(F)(F)F)cc1. The summed E-state index contributed by atoms with van der Waals surface area (Å²) in [6.45, 7) is 4.54. The number of halogens is 3. The van der Waals surface area contributed by atoms with Crippen LogP contribution in [0.2, 0.25) is 0 Å². The van der Waals surface area contributed by atoms with Crippen molar-refractivity contribution >= 4 is 0 Å². The van der Waals surface area contributed by atoms with Crippen LogP contribution in [0.15, 0.2) is 24.3 Å². The molecule has 5 heteroatoms. The van der Waals surface area contributed by atoms with E-state index in [-0.39, 0.29) is 0 Å². The Labute approximate surface area is 124 Å². The van der Waals surface area contributed by atoms with Gasteiger partial charge in [0.2, 0.25) is 0 Å². The molecule has 2 nitrogen and oxygen atoms in total. The van der Waals surface area contributed by atoms with E-state index in [0.29, 0.717) is 18.2 Å². The van der Waals surface area contributed by atoms with Crippen LogP contribution in [0, 0.1) is 0 Å². The Hall–Kier alpha value is -1.07. The lowest BCUT2D eigenvalue weighted by Gasteiger charge is -2.18. The third kappa shape index (κ3) is 6.48. The first-order valence-electron chi connectivity index (χ1n) is 7.43. The van der Waals surface area contributed by atoms with Crippen molar-refractivity contribution in [1.29, 1.82) is 0 Å². The summed E-state index contributed by atoms with van der Waals surface area (Å²) in [4.78, 5) is 0. The van der Waals surface area contributed by atoms with Crippen molar-refractivity contribution in [3.8, 4) is 0 Å². The molecule has 120 valence electrons. The zero-order valence-electron chi connectivity index (χ0n) is 12.6. The molecule has 2 unspecified atom stereocenters. The second-order valence-electron chi connectivity index (χ2n) is 5.44. The van der Waals surface area contributed by atoms with Gasteiger partial charge in [0.25, 0.3) is 0 Å². The van der Waals surface area contributed by atoms with Gasteiger partial charge >= 0.3 is 6.18 Å². The van der Waals surface area contributed by atoms with Crippen molar-refractivity contribution in [2.45, 2.75) is 57.9 Å². The molecule has 21 heavy (non-hydrogen) atoms. The van der Waals surface area contributed by atoms with E-state index in [2.05, 4.69) is 19.2 Å². The second-order valence-corrected chi connectivity index (χ2v) is 5.44. The van der Waals surface area contributed by atoms with Crippen molar-refractivity contribution in [2.24, 2.45) is 0 Å². The molecule has 0 aliphatic rings. The molecule has 1 aromatic carbocycles. The van der Waals surface area contributed by atoms with Crippen molar-refractivity contribution in [3.05, 3.63) is 35.4 Å². The van der Waals surface area contributed by atoms with Crippen LogP contribution in [-0.2, 0) is 6.18 Å². The predicted molar refractivity (Wildman–Crippen MR) is 78.0 cm³/mol. The highest BCUT2D eigenvalue weighted by molar-refractivity contribution is 5.26. The number of hydrogen-bond acceptors (Lipinski definition) is 2. The van der Waals surface area contributed by atoms with E-state index in [4.69, 9.17) is 0 Å². The van der Waals surface area contributed by atoms with Gasteiger partial charge in [0.15, 0.2) is 0 Å². The van der Waals surface area contributed by atoms with Crippen LogP contribution in [0.5, 0.6) is 0 Å². The lowest BCUT2D eigenvalue weighted by Crippen LogP contribution is -2.30. The molecular weight excluding hydrogens is 279 g/mol. The van der Waals surface area contributed by atoms with Gasteiger partial charge in [-0.25, -0.2) is 0 Å². The Morgan fingerprint density at radius 2 is 1.76 bits per heavy atom. The number of aliphatic hydroxyl groups is 1. The zero-order valence-corrected chi connectivity index (χ0v) is 12.6. The van der Waals surface area contributed by atoms with Crippen LogP contribution in [0.3, 0.4) is 0 Å². The van der Waals surface area contributed by atoms with E-state index in [1.165, 1.54) is 25.0 Å². The molecule has 0 aliphatic heterocycles. The minimum absolute atomic E-state index is 0.292. The highest BCUT2D eigenvalue weighted by Crippen LogP contribution is 2.29. The molecule has 0 aliphatic carbocycles. The molecule has 0 saturated carbocycles. The molecule has 0 amide bonds. The molecule has 2 N–H and O–H groups in total. The largest absolute Gasteiger partial charge is 0.416 e. The Kier molecular flexibility index (Phi) is 7.18. The van der Waals surface area contributed by atoms with Crippen molar-refractivity contribution in [1.82, 2.24) is 5.32 Å². The number of alkyl halides is 3. The van der Waals surface area contributed by atoms with Crippen LogP contribution < -0.4 is 5.32 Å². The summed E-state index contributed by atoms with van der Waals surface area (Å²) in [5.41, 5.74) is -0.199. The van der Waals surface area contributed by atoms with E-state index in [1.807, 2.05) is 0 Å². The van der Waals surface area contributed by atoms with E-state index < -0.39 is 17.8 Å². The lowest BCUT2D eigenvalue weighted by molar-refractivity contribution is -0.137. The molecule has 0 saturated heterocycles. The minimum atomic E-state index is -4.34. The van der Waals surface area contributed by atoms with Gasteiger partial charge in [-0.3, -0.25) is 0 Å². The summed E-state index contributed by atoms with van der Waals surface area (Å²) >= 11 is 0. The van der Waals surface area contributed by atoms with E-state index >= 15 is 0 Å². The molecule has 0 bridgehead atoms. The quantitative estimate of drug-likeness (QED) is 0.702. The first-order chi connectivity index (χ1) is 9.84. The normalized spacial score (nSPS) is 15.0. The molecule has 0 aromatic heterocycles. The Balaban J connectivity index is 2.43. The molecule has 2 atom stereocenters. The predicted octanol–water partition coefficient (Wildman–Crippen LogP) is 4.30. The van der Waals surface area contributed by atoms with Gasteiger partial charge < -0.3 is 10.4 Å². The maximum atomic E-state index is 12.4.